The number of hydrogen-bond donors (Lipinski definition) is 2. The molecule has 8 nitrogen and oxygen atoms in total. The lowest BCUT2D eigenvalue weighted by Gasteiger charge is -2.21. The van der Waals surface area contributed by atoms with Crippen molar-refractivity contribution in [3.8, 4) is 0 Å². The number of halogens is 6. The van der Waals surface area contributed by atoms with Gasteiger partial charge in [-0.3, -0.25) is 4.90 Å². The normalized spacial score (nSPS) is 22.4. The van der Waals surface area contributed by atoms with E-state index in [0.29, 0.717) is 18.1 Å². The maximum absolute atomic E-state index is 10.6. The second kappa shape index (κ2) is 13.2. The monoisotopic (exact) mass is 524 g/mol. The number of aliphatic carboxylic acids is 2. The highest BCUT2D eigenvalue weighted by atomic mass is 32.1. The third-order valence-electron chi connectivity index (χ3n) is 4.75. The molecule has 2 N–H and O–H groups in total. The van der Waals surface area contributed by atoms with Crippen LogP contribution in [0.5, 0.6) is 0 Å². The fourth-order valence-electron chi connectivity index (χ4n) is 3.14. The van der Waals surface area contributed by atoms with Gasteiger partial charge >= 0.3 is 24.3 Å². The molecular weight excluding hydrogens is 498 g/mol. The van der Waals surface area contributed by atoms with Crippen LogP contribution in [0.25, 0.3) is 0 Å². The quantitative estimate of drug-likeness (QED) is 0.549. The first-order valence-electron chi connectivity index (χ1n) is 9.83. The molecule has 15 heteroatoms. The Morgan fingerprint density at radius 3 is 2.15 bits per heavy atom. The van der Waals surface area contributed by atoms with Crippen molar-refractivity contribution in [3.63, 3.8) is 0 Å². The smallest absolute Gasteiger partial charge is 0.475 e. The third-order valence-corrected chi connectivity index (χ3v) is 5.61. The van der Waals surface area contributed by atoms with E-state index in [9.17, 15) is 26.3 Å². The number of likely N-dealkylation sites (tertiary alicyclic amines) is 1. The number of hydrogen-bond acceptors (Lipinski definition) is 7. The van der Waals surface area contributed by atoms with Gasteiger partial charge in [-0.1, -0.05) is 6.07 Å². The Labute approximate surface area is 195 Å². The number of fused-ring (bicyclic) bond motifs is 1. The lowest BCUT2D eigenvalue weighted by molar-refractivity contribution is -0.193. The highest BCUT2D eigenvalue weighted by molar-refractivity contribution is 7.09. The predicted molar refractivity (Wildman–Crippen MR) is 109 cm³/mol. The number of rotatable bonds is 6. The summed E-state index contributed by atoms with van der Waals surface area (Å²) in [5.74, 6) is -4.96. The summed E-state index contributed by atoms with van der Waals surface area (Å²) in [6, 6.07) is 4.89. The molecule has 0 aromatic carbocycles. The van der Waals surface area contributed by atoms with E-state index in [2.05, 4.69) is 41.4 Å². The van der Waals surface area contributed by atoms with Crippen LogP contribution in [0.4, 0.5) is 26.3 Å². The van der Waals surface area contributed by atoms with E-state index < -0.39 is 24.3 Å². The maximum Gasteiger partial charge on any atom is 0.490 e. The minimum atomic E-state index is -5.08. The minimum absolute atomic E-state index is 0.336. The minimum Gasteiger partial charge on any atom is -0.475 e. The Bertz CT molecular complexity index is 735. The molecule has 0 aliphatic carbocycles. The van der Waals surface area contributed by atoms with Crippen LogP contribution in [0, 0.1) is 5.92 Å². The molecule has 196 valence electrons. The number of alkyl halides is 6. The molecule has 2 fully saturated rings. The van der Waals surface area contributed by atoms with Gasteiger partial charge in [0.15, 0.2) is 0 Å². The van der Waals surface area contributed by atoms with Crippen molar-refractivity contribution in [3.05, 3.63) is 22.4 Å². The average Bonchev–Trinajstić information content (AvgIpc) is 3.42. The standard InChI is InChI=1S/C15H24N2O2S.2C2HF3O2/c1-16(2)5-6-19-15-9-17(8-12-4-3-7-20-12)14-11-18-10-13(14)15;2*3-2(4,5)1(6)7/h3-4,7,13-15H,5-6,8-11H2,1-2H3;2*(H,6,7)/t13-,14+,15-;;/m0../s1. The zero-order valence-corrected chi connectivity index (χ0v) is 19.1. The highest BCUT2D eigenvalue weighted by Crippen LogP contribution is 2.33. The second-order valence-electron chi connectivity index (χ2n) is 7.60. The molecule has 2 saturated heterocycles. The highest BCUT2D eigenvalue weighted by Gasteiger charge is 2.45. The summed E-state index contributed by atoms with van der Waals surface area (Å²) in [6.07, 6.45) is -9.83. The van der Waals surface area contributed by atoms with Gasteiger partial charge < -0.3 is 24.6 Å². The lowest BCUT2D eigenvalue weighted by atomic mass is 10.0. The lowest BCUT2D eigenvalue weighted by Crippen LogP contribution is -2.31. The van der Waals surface area contributed by atoms with Crippen LogP contribution in [-0.4, -0.2) is 103 Å². The molecular formula is C19H26F6N2O6S. The molecule has 3 atom stereocenters. The van der Waals surface area contributed by atoms with Crippen molar-refractivity contribution in [1.82, 2.24) is 9.80 Å². The van der Waals surface area contributed by atoms with Crippen molar-refractivity contribution in [2.24, 2.45) is 5.92 Å². The summed E-state index contributed by atoms with van der Waals surface area (Å²) >= 11 is 1.84. The SMILES string of the molecule is CN(C)CCO[C@H]1CN(Cc2cccs2)[C@@H]2COC[C@H]12.O=C(O)C(F)(F)F.O=C(O)C(F)(F)F. The van der Waals surface area contributed by atoms with Gasteiger partial charge in [-0.15, -0.1) is 11.3 Å². The summed E-state index contributed by atoms with van der Waals surface area (Å²) < 4.78 is 75.3. The Hall–Kier alpha value is -1.94. The van der Waals surface area contributed by atoms with E-state index in [-0.39, 0.29) is 0 Å². The zero-order valence-electron chi connectivity index (χ0n) is 18.3. The first kappa shape index (κ1) is 30.1. The number of thiophene rings is 1. The zero-order chi connectivity index (χ0) is 26.1. The van der Waals surface area contributed by atoms with Crippen molar-refractivity contribution in [2.75, 3.05) is 47.0 Å². The molecule has 0 amide bonds. The second-order valence-corrected chi connectivity index (χ2v) is 8.63. The van der Waals surface area contributed by atoms with Gasteiger partial charge in [0.25, 0.3) is 0 Å². The molecule has 0 bridgehead atoms. The molecule has 2 aliphatic rings. The fourth-order valence-corrected chi connectivity index (χ4v) is 3.87. The number of ether oxygens (including phenoxy) is 2. The number of carbonyl (C=O) groups is 2. The van der Waals surface area contributed by atoms with Crippen LogP contribution >= 0.6 is 11.3 Å². The van der Waals surface area contributed by atoms with Crippen molar-refractivity contribution < 1.29 is 55.6 Å². The average molecular weight is 524 g/mol. The molecule has 0 spiro atoms. The van der Waals surface area contributed by atoms with Gasteiger partial charge in [0.2, 0.25) is 0 Å². The molecule has 34 heavy (non-hydrogen) atoms. The molecule has 0 unspecified atom stereocenters. The van der Waals surface area contributed by atoms with Crippen molar-refractivity contribution in [2.45, 2.75) is 31.0 Å². The van der Waals surface area contributed by atoms with Gasteiger partial charge in [-0.25, -0.2) is 9.59 Å². The third kappa shape index (κ3) is 10.5. The molecule has 0 radical (unpaired) electrons. The van der Waals surface area contributed by atoms with Crippen molar-refractivity contribution >= 4 is 23.3 Å². The van der Waals surface area contributed by atoms with E-state index in [1.165, 1.54) is 4.88 Å². The van der Waals surface area contributed by atoms with Gasteiger partial charge in [-0.2, -0.15) is 26.3 Å². The van der Waals surface area contributed by atoms with E-state index >= 15 is 0 Å². The Morgan fingerprint density at radius 2 is 1.71 bits per heavy atom. The number of carboxylic acids is 2. The topological polar surface area (TPSA) is 99.5 Å². The molecule has 3 heterocycles. The molecule has 1 aromatic heterocycles. The van der Waals surface area contributed by atoms with Crippen LogP contribution in [0.15, 0.2) is 17.5 Å². The predicted octanol–water partition coefficient (Wildman–Crippen LogP) is 2.79. The van der Waals surface area contributed by atoms with Crippen LogP contribution in [-0.2, 0) is 25.6 Å². The van der Waals surface area contributed by atoms with E-state index in [4.69, 9.17) is 29.3 Å². The first-order chi connectivity index (χ1) is 15.6. The molecule has 0 saturated carbocycles. The Morgan fingerprint density at radius 1 is 1.15 bits per heavy atom. The summed E-state index contributed by atoms with van der Waals surface area (Å²) in [4.78, 5) is 23.9. The van der Waals surface area contributed by atoms with Crippen molar-refractivity contribution in [1.29, 1.82) is 0 Å². The van der Waals surface area contributed by atoms with Crippen LogP contribution in [0.3, 0.4) is 0 Å². The fraction of sp³-hybridized carbons (Fsp3) is 0.684. The van der Waals surface area contributed by atoms with Gasteiger partial charge in [0.1, 0.15) is 0 Å². The Kier molecular flexibility index (Phi) is 11.7. The first-order valence-corrected chi connectivity index (χ1v) is 10.7. The number of likely N-dealkylation sites (N-methyl/N-ethyl adjacent to an activating group) is 1. The van der Waals surface area contributed by atoms with E-state index in [0.717, 1.165) is 39.5 Å². The van der Waals surface area contributed by atoms with Gasteiger partial charge in [-0.05, 0) is 25.5 Å². The van der Waals surface area contributed by atoms with Crippen LogP contribution in [0.1, 0.15) is 4.88 Å². The molecule has 1 aromatic rings. The summed E-state index contributed by atoms with van der Waals surface area (Å²) in [6.45, 7) is 5.61. The largest absolute Gasteiger partial charge is 0.490 e. The van der Waals surface area contributed by atoms with E-state index in [1.807, 2.05) is 11.3 Å². The Balaban J connectivity index is 0.000000343. The van der Waals surface area contributed by atoms with Crippen LogP contribution in [0.2, 0.25) is 0 Å². The van der Waals surface area contributed by atoms with E-state index in [1.54, 1.807) is 0 Å². The maximum atomic E-state index is 10.6. The molecule has 3 rings (SSSR count). The number of carboxylic acid groups (broad SMARTS) is 2. The van der Waals surface area contributed by atoms with Crippen LogP contribution < -0.4 is 0 Å². The van der Waals surface area contributed by atoms with Gasteiger partial charge in [0, 0.05) is 36.5 Å². The molecule has 2 aliphatic heterocycles. The summed E-state index contributed by atoms with van der Waals surface area (Å²) in [5.41, 5.74) is 0. The summed E-state index contributed by atoms with van der Waals surface area (Å²) in [5, 5.41) is 16.4. The van der Waals surface area contributed by atoms with Gasteiger partial charge in [0.05, 0.1) is 25.9 Å². The summed E-state index contributed by atoms with van der Waals surface area (Å²) in [7, 11) is 4.17. The number of nitrogens with zero attached hydrogens (tertiary/aromatic N) is 2.